The van der Waals surface area contributed by atoms with Crippen LogP contribution >= 0.6 is 23.1 Å². The van der Waals surface area contributed by atoms with Crippen molar-refractivity contribution in [2.75, 3.05) is 18.8 Å². The summed E-state index contributed by atoms with van der Waals surface area (Å²) in [5.41, 5.74) is 0.736. The van der Waals surface area contributed by atoms with E-state index in [1.807, 2.05) is 28.0 Å². The van der Waals surface area contributed by atoms with E-state index in [1.54, 1.807) is 24.5 Å². The summed E-state index contributed by atoms with van der Waals surface area (Å²) in [7, 11) is 0. The third-order valence-electron chi connectivity index (χ3n) is 3.42. The van der Waals surface area contributed by atoms with E-state index in [2.05, 4.69) is 22.5 Å². The van der Waals surface area contributed by atoms with Gasteiger partial charge in [-0.15, -0.1) is 11.3 Å². The van der Waals surface area contributed by atoms with Gasteiger partial charge in [0.15, 0.2) is 0 Å². The van der Waals surface area contributed by atoms with Crippen molar-refractivity contribution in [1.29, 1.82) is 0 Å². The molecule has 3 rings (SSSR count). The van der Waals surface area contributed by atoms with Gasteiger partial charge in [-0.1, -0.05) is 6.07 Å². The molecule has 0 bridgehead atoms. The van der Waals surface area contributed by atoms with Crippen LogP contribution in [0.15, 0.2) is 42.0 Å². The van der Waals surface area contributed by atoms with Crippen LogP contribution in [0.4, 0.5) is 0 Å². The Morgan fingerprint density at radius 1 is 1.25 bits per heavy atom. The number of amides is 1. The van der Waals surface area contributed by atoms with Gasteiger partial charge in [-0.3, -0.25) is 9.78 Å². The summed E-state index contributed by atoms with van der Waals surface area (Å²) < 4.78 is 0. The minimum atomic E-state index is 0.125. The van der Waals surface area contributed by atoms with Crippen LogP contribution in [0.2, 0.25) is 0 Å². The Balaban J connectivity index is 1.67. The summed E-state index contributed by atoms with van der Waals surface area (Å²) in [6.45, 7) is 1.66. The van der Waals surface area contributed by atoms with Crippen molar-refractivity contribution in [3.63, 3.8) is 0 Å². The molecule has 1 aliphatic rings. The van der Waals surface area contributed by atoms with E-state index >= 15 is 0 Å². The van der Waals surface area contributed by atoms with Crippen LogP contribution in [-0.2, 0) is 0 Å². The highest BCUT2D eigenvalue weighted by Crippen LogP contribution is 2.36. The number of carbonyl (C=O) groups is 1. The molecular formula is C15H16N2OS2. The third kappa shape index (κ3) is 3.04. The van der Waals surface area contributed by atoms with Crippen molar-refractivity contribution in [3.05, 3.63) is 52.5 Å². The summed E-state index contributed by atoms with van der Waals surface area (Å²) in [5.74, 6) is 1.12. The second kappa shape index (κ2) is 6.41. The third-order valence-corrected chi connectivity index (χ3v) is 5.86. The first-order valence-electron chi connectivity index (χ1n) is 6.69. The molecule has 1 fully saturated rings. The number of pyridine rings is 1. The molecule has 0 aromatic carbocycles. The fourth-order valence-electron chi connectivity index (χ4n) is 2.35. The quantitative estimate of drug-likeness (QED) is 0.852. The maximum Gasteiger partial charge on any atom is 0.253 e. The smallest absolute Gasteiger partial charge is 0.253 e. The zero-order valence-electron chi connectivity index (χ0n) is 11.1. The van der Waals surface area contributed by atoms with Gasteiger partial charge in [0, 0.05) is 46.9 Å². The van der Waals surface area contributed by atoms with Crippen LogP contribution in [0, 0.1) is 0 Å². The van der Waals surface area contributed by atoms with Gasteiger partial charge in [-0.05, 0) is 30.0 Å². The standard InChI is InChI=1S/C15H16N2OS2/c18-15(12-3-6-16-7-4-12)17-8-5-14(20-11-9-17)13-2-1-10-19-13/h1-4,6-7,10,14H,5,8-9,11H2/t14-/m0/s1. The highest BCUT2D eigenvalue weighted by molar-refractivity contribution is 7.99. The first-order chi connectivity index (χ1) is 9.84. The molecule has 2 aromatic rings. The molecule has 0 N–H and O–H groups in total. The molecule has 5 heteroatoms. The van der Waals surface area contributed by atoms with Crippen LogP contribution in [0.25, 0.3) is 0 Å². The number of carbonyl (C=O) groups excluding carboxylic acids is 1. The van der Waals surface area contributed by atoms with Crippen molar-refractivity contribution < 1.29 is 4.79 Å². The molecule has 3 nitrogen and oxygen atoms in total. The molecule has 1 atom stereocenters. The lowest BCUT2D eigenvalue weighted by Crippen LogP contribution is -2.32. The molecule has 1 saturated heterocycles. The van der Waals surface area contributed by atoms with Gasteiger partial charge >= 0.3 is 0 Å². The fraction of sp³-hybridized carbons (Fsp3) is 0.333. The summed E-state index contributed by atoms with van der Waals surface area (Å²) in [4.78, 5) is 19.8. The highest BCUT2D eigenvalue weighted by atomic mass is 32.2. The van der Waals surface area contributed by atoms with Crippen LogP contribution in [-0.4, -0.2) is 34.6 Å². The zero-order valence-corrected chi connectivity index (χ0v) is 12.7. The van der Waals surface area contributed by atoms with Gasteiger partial charge in [-0.2, -0.15) is 11.8 Å². The van der Waals surface area contributed by atoms with E-state index in [1.165, 1.54) is 4.88 Å². The van der Waals surface area contributed by atoms with Gasteiger partial charge < -0.3 is 4.90 Å². The Morgan fingerprint density at radius 3 is 2.85 bits per heavy atom. The molecule has 0 unspecified atom stereocenters. The first kappa shape index (κ1) is 13.6. The SMILES string of the molecule is O=C(c1ccncc1)N1CCS[C@H](c2cccs2)CC1. The number of hydrogen-bond donors (Lipinski definition) is 0. The molecule has 1 aliphatic heterocycles. The largest absolute Gasteiger partial charge is 0.338 e. The molecule has 0 aliphatic carbocycles. The summed E-state index contributed by atoms with van der Waals surface area (Å²) in [5, 5.41) is 2.66. The van der Waals surface area contributed by atoms with Gasteiger partial charge in [0.2, 0.25) is 0 Å². The van der Waals surface area contributed by atoms with Crippen molar-refractivity contribution in [2.45, 2.75) is 11.7 Å². The lowest BCUT2D eigenvalue weighted by atomic mass is 10.2. The van der Waals surface area contributed by atoms with E-state index in [-0.39, 0.29) is 5.91 Å². The maximum atomic E-state index is 12.4. The van der Waals surface area contributed by atoms with E-state index in [9.17, 15) is 4.79 Å². The number of thioether (sulfide) groups is 1. The van der Waals surface area contributed by atoms with Gasteiger partial charge in [0.1, 0.15) is 0 Å². The number of hydrogen-bond acceptors (Lipinski definition) is 4. The molecule has 0 saturated carbocycles. The number of rotatable bonds is 2. The second-order valence-corrected chi connectivity index (χ2v) is 6.98. The topological polar surface area (TPSA) is 33.2 Å². The summed E-state index contributed by atoms with van der Waals surface area (Å²) in [6, 6.07) is 7.88. The van der Waals surface area contributed by atoms with Crippen LogP contribution < -0.4 is 0 Å². The van der Waals surface area contributed by atoms with Gasteiger partial charge in [0.25, 0.3) is 5.91 Å². The average molecular weight is 304 g/mol. The average Bonchev–Trinajstić information content (AvgIpc) is 2.92. The molecule has 2 aromatic heterocycles. The molecule has 20 heavy (non-hydrogen) atoms. The Morgan fingerprint density at radius 2 is 2.10 bits per heavy atom. The molecule has 104 valence electrons. The Labute approximate surface area is 127 Å². The zero-order chi connectivity index (χ0) is 13.8. The van der Waals surface area contributed by atoms with Gasteiger partial charge in [0.05, 0.1) is 0 Å². The van der Waals surface area contributed by atoms with Crippen LogP contribution in [0.3, 0.4) is 0 Å². The van der Waals surface area contributed by atoms with E-state index < -0.39 is 0 Å². The first-order valence-corrected chi connectivity index (χ1v) is 8.62. The number of thiophene rings is 1. The lowest BCUT2D eigenvalue weighted by Gasteiger charge is -2.20. The predicted octanol–water partition coefficient (Wildman–Crippen LogP) is 3.46. The number of aromatic nitrogens is 1. The second-order valence-electron chi connectivity index (χ2n) is 4.69. The predicted molar refractivity (Wildman–Crippen MR) is 84.3 cm³/mol. The van der Waals surface area contributed by atoms with Crippen LogP contribution in [0.1, 0.15) is 26.9 Å². The van der Waals surface area contributed by atoms with Crippen molar-refractivity contribution in [3.8, 4) is 0 Å². The Bertz CT molecular complexity index is 557. The molecule has 3 heterocycles. The van der Waals surface area contributed by atoms with Crippen LogP contribution in [0.5, 0.6) is 0 Å². The monoisotopic (exact) mass is 304 g/mol. The maximum absolute atomic E-state index is 12.4. The normalized spacial score (nSPS) is 19.6. The van der Waals surface area contributed by atoms with Gasteiger partial charge in [-0.25, -0.2) is 0 Å². The number of nitrogens with zero attached hydrogens (tertiary/aromatic N) is 2. The highest BCUT2D eigenvalue weighted by Gasteiger charge is 2.23. The molecule has 1 amide bonds. The van der Waals surface area contributed by atoms with E-state index in [4.69, 9.17) is 0 Å². The molecule has 0 spiro atoms. The summed E-state index contributed by atoms with van der Waals surface area (Å²) in [6.07, 6.45) is 4.38. The van der Waals surface area contributed by atoms with Crippen molar-refractivity contribution in [1.82, 2.24) is 9.88 Å². The van der Waals surface area contributed by atoms with E-state index in [0.29, 0.717) is 5.25 Å². The van der Waals surface area contributed by atoms with Crippen molar-refractivity contribution >= 4 is 29.0 Å². The van der Waals surface area contributed by atoms with E-state index in [0.717, 1.165) is 30.8 Å². The molecular weight excluding hydrogens is 288 g/mol. The summed E-state index contributed by atoms with van der Waals surface area (Å²) >= 11 is 3.77. The Kier molecular flexibility index (Phi) is 4.38. The van der Waals surface area contributed by atoms with Crippen molar-refractivity contribution in [2.24, 2.45) is 0 Å². The Hall–Kier alpha value is -1.33. The minimum absolute atomic E-state index is 0.125. The fourth-order valence-corrected chi connectivity index (χ4v) is 4.59. The lowest BCUT2D eigenvalue weighted by molar-refractivity contribution is 0.0766. The minimum Gasteiger partial charge on any atom is -0.338 e. The molecule has 0 radical (unpaired) electrons.